The van der Waals surface area contributed by atoms with E-state index in [2.05, 4.69) is 28.1 Å². The Bertz CT molecular complexity index is 5660. The number of aliphatic carboxylic acids is 2. The smallest absolute Gasteiger partial charge is 0.307 e. The van der Waals surface area contributed by atoms with Crippen molar-refractivity contribution in [2.45, 2.75) is 187 Å². The topological polar surface area (TPSA) is 284 Å². The minimum atomic E-state index is -1.23. The highest BCUT2D eigenvalue weighted by Gasteiger charge is 2.22. The number of rotatable bonds is 32. The molecule has 0 amide bonds. The summed E-state index contributed by atoms with van der Waals surface area (Å²) in [6.07, 6.45) is 13.2. The van der Waals surface area contributed by atoms with Gasteiger partial charge in [0.05, 0.1) is 20.6 Å². The van der Waals surface area contributed by atoms with Crippen molar-refractivity contribution in [3.05, 3.63) is 351 Å². The third kappa shape index (κ3) is 38.6. The van der Waals surface area contributed by atoms with Gasteiger partial charge in [-0.25, -0.2) is 0 Å². The fourth-order valence-corrected chi connectivity index (χ4v) is 21.7. The molecule has 0 bridgehead atoms. The number of carboxylic acid groups (broad SMARTS) is 2. The number of aryl methyl sites for hydroxylation is 1. The first-order chi connectivity index (χ1) is 64.9. The van der Waals surface area contributed by atoms with E-state index in [4.69, 9.17) is 72.5 Å². The fourth-order valence-electron chi connectivity index (χ4n) is 14.4. The normalized spacial score (nSPS) is 13.1. The summed E-state index contributed by atoms with van der Waals surface area (Å²) in [4.78, 5) is 113. The maximum Gasteiger partial charge on any atom is 0.307 e. The Balaban J connectivity index is 0.000000213. The van der Waals surface area contributed by atoms with Crippen LogP contribution in [0.5, 0.6) is 11.5 Å². The Kier molecular flexibility index (Phi) is 49.0. The Hall–Kier alpha value is -10.3. The number of carbonyl (C=O) groups excluding carboxylic acids is 9. The molecule has 2 aliphatic heterocycles. The number of nitrogen functional groups attached to an aromatic ring is 2. The number of unbranched alkanes of at least 4 members (excludes halogenated alkanes) is 2. The van der Waals surface area contributed by atoms with Crippen molar-refractivity contribution < 1.29 is 67.6 Å². The molecule has 716 valence electrons. The summed E-state index contributed by atoms with van der Waals surface area (Å²) in [7, 11) is 11.4. The third-order valence-corrected chi connectivity index (χ3v) is 30.3. The number of anilines is 2. The lowest BCUT2D eigenvalue weighted by Gasteiger charge is -2.11. The van der Waals surface area contributed by atoms with Crippen molar-refractivity contribution in [2.75, 3.05) is 37.2 Å². The van der Waals surface area contributed by atoms with Crippen LogP contribution in [0, 0.1) is 6.92 Å². The molecule has 0 unspecified atom stereocenters. The van der Waals surface area contributed by atoms with E-state index in [1.165, 1.54) is 50.0 Å². The van der Waals surface area contributed by atoms with Crippen LogP contribution in [-0.4, -0.2) is 99.5 Å². The Morgan fingerprint density at radius 1 is 0.419 bits per heavy atom. The number of Topliss-reactive ketones (excluding diaryl/α,β-unsaturated/α-hetero) is 6. The second-order valence-electron chi connectivity index (χ2n) is 33.1. The monoisotopic (exact) mass is 2050 g/mol. The second kappa shape index (κ2) is 59.1. The minimum Gasteiger partial charge on any atom is -0.550 e. The molecule has 2 aliphatic rings. The van der Waals surface area contributed by atoms with Crippen molar-refractivity contribution in [3.8, 4) is 11.5 Å². The standard InChI is InChI=1S/2C16H14Cl2O.C16H15NO3.C15H12BrNO3.2C15H16O2.2C9H16OS2/c2*1-11(19)9-12-5-2-3-6-13(12)10-14-15(17)7-4-8-16(14)18;1-10-5-7-11(8-6-10)16(20)13-4-2-3-12(15(13)17)9-14(18)19;16-11-6-4-9(5-7-11)15(20)12-3-1-2-10(14(12)17)8-13(18)19;2*1-10(11(2)16)12-4-5-14-9-15(17-3)7-6-13(14)8-12;2*1-8(10)4-2-3-5-9-6-7-11-12-9/h2*2-8H,9-10H2,1H3;2-8H,9,17H2,1H3,(H,18,19);1-7H,8,17H2,(H,18,19);2*4-10H,1-3H3;2*9H,2-7H2,1H3/p-1/t;;;;2*10-;2*9-/m....1111/s1. The number of nitrogens with two attached hydrogens (primary N) is 2. The molecule has 0 aromatic heterocycles. The minimum absolute atomic E-state index is 0.0403. The molecule has 14 rings (SSSR count). The Morgan fingerprint density at radius 2 is 0.765 bits per heavy atom. The van der Waals surface area contributed by atoms with Gasteiger partial charge in [-0.3, -0.25) is 33.6 Å². The summed E-state index contributed by atoms with van der Waals surface area (Å²) in [6, 6.07) is 74.6. The summed E-state index contributed by atoms with van der Waals surface area (Å²) >= 11 is 28.0. The first-order valence-corrected chi connectivity index (χ1v) is 51.8. The number of para-hydroxylation sites is 2. The molecule has 0 spiro atoms. The largest absolute Gasteiger partial charge is 0.550 e. The van der Waals surface area contributed by atoms with Gasteiger partial charge in [0.1, 0.15) is 46.2 Å². The lowest BCUT2D eigenvalue weighted by atomic mass is 9.95. The number of hydrogen-bond donors (Lipinski definition) is 3. The molecule has 16 nitrogen and oxygen atoms in total. The van der Waals surface area contributed by atoms with E-state index >= 15 is 0 Å². The van der Waals surface area contributed by atoms with Crippen LogP contribution in [0.4, 0.5) is 11.4 Å². The predicted octanol–water partition coefficient (Wildman–Crippen LogP) is 27.1. The van der Waals surface area contributed by atoms with E-state index in [-0.39, 0.29) is 70.8 Å². The molecule has 2 fully saturated rings. The van der Waals surface area contributed by atoms with Crippen LogP contribution in [0.2, 0.25) is 20.1 Å². The van der Waals surface area contributed by atoms with Gasteiger partial charge in [0, 0.05) is 143 Å². The van der Waals surface area contributed by atoms with Gasteiger partial charge < -0.3 is 45.5 Å². The lowest BCUT2D eigenvalue weighted by Crippen LogP contribution is -2.25. The number of hydrogen-bond acceptors (Lipinski definition) is 19. The van der Waals surface area contributed by atoms with E-state index < -0.39 is 11.9 Å². The van der Waals surface area contributed by atoms with Gasteiger partial charge in [-0.05, 0) is 249 Å². The maximum absolute atomic E-state index is 12.4. The summed E-state index contributed by atoms with van der Waals surface area (Å²) in [5.41, 5.74) is 24.0. The van der Waals surface area contributed by atoms with Gasteiger partial charge in [0.2, 0.25) is 0 Å². The van der Waals surface area contributed by atoms with Crippen LogP contribution in [0.1, 0.15) is 224 Å². The van der Waals surface area contributed by atoms with E-state index in [0.717, 1.165) is 124 Å². The number of halogens is 5. The molecule has 136 heavy (non-hydrogen) atoms. The molecular formula is C111H118BrCl4N2O14S4-. The molecule has 2 heterocycles. The zero-order chi connectivity index (χ0) is 99.5. The van der Waals surface area contributed by atoms with E-state index in [1.54, 1.807) is 129 Å². The van der Waals surface area contributed by atoms with Gasteiger partial charge in [-0.15, -0.1) is 0 Å². The SMILES string of the molecule is CC(=O)CCCC[C@@H]1CCSS1.CC(=O)CCCC[C@@H]1CCSS1.CC(=O)Cc1ccccc1Cc1c(Cl)cccc1Cl.CC(=O)Cc1ccccc1Cc1c(Cl)cccc1Cl.COc1ccc2cc([C@H](C)C(C)=O)ccc2c1.COc1ccc2cc([C@H](C)C(C)=O)ccc2c1.Cc1ccc(C(=O)c2cccc(CC(=O)[O-])c2N)cc1.Nc1c(CC(=O)O)cccc1C(=O)c1ccc(Br)cc1. The van der Waals surface area contributed by atoms with Crippen molar-refractivity contribution in [1.82, 2.24) is 0 Å². The number of benzene rings is 12. The lowest BCUT2D eigenvalue weighted by molar-refractivity contribution is -0.304. The summed E-state index contributed by atoms with van der Waals surface area (Å²) in [5.74, 6) is 2.98. The number of carboxylic acids is 2. The molecule has 0 radical (unpaired) electrons. The Morgan fingerprint density at radius 3 is 1.10 bits per heavy atom. The number of methoxy groups -OCH3 is 2. The highest BCUT2D eigenvalue weighted by molar-refractivity contribution is 9.10. The van der Waals surface area contributed by atoms with Crippen molar-refractivity contribution >= 4 is 197 Å². The summed E-state index contributed by atoms with van der Waals surface area (Å²) < 4.78 is 11.2. The Labute approximate surface area is 844 Å². The van der Waals surface area contributed by atoms with Crippen molar-refractivity contribution in [2.24, 2.45) is 0 Å². The number of ketones is 8. The number of fused-ring (bicyclic) bond motifs is 2. The van der Waals surface area contributed by atoms with Crippen molar-refractivity contribution in [3.63, 3.8) is 0 Å². The molecule has 2 saturated heterocycles. The highest BCUT2D eigenvalue weighted by atomic mass is 79.9. The molecule has 0 saturated carbocycles. The van der Waals surface area contributed by atoms with Gasteiger partial charge in [0.25, 0.3) is 0 Å². The van der Waals surface area contributed by atoms with Crippen LogP contribution in [0.15, 0.2) is 247 Å². The van der Waals surface area contributed by atoms with E-state index in [9.17, 15) is 53.1 Å². The molecule has 12 aromatic rings. The quantitative estimate of drug-likeness (QED) is 0.0153. The average molecular weight is 2050 g/mol. The second-order valence-corrected chi connectivity index (χ2v) is 41.2. The van der Waals surface area contributed by atoms with Crippen LogP contribution in [0.3, 0.4) is 0 Å². The molecule has 0 aliphatic carbocycles. The molecule has 12 aromatic carbocycles. The molecule has 4 atom stereocenters. The number of ether oxygens (including phenoxy) is 2. The molecule has 25 heteroatoms. The average Bonchev–Trinajstić information content (AvgIpc) is 1.15. The molecule has 5 N–H and O–H groups in total. The predicted molar refractivity (Wildman–Crippen MR) is 569 cm³/mol. The third-order valence-electron chi connectivity index (χ3n) is 22.4. The first kappa shape index (κ1) is 113. The summed E-state index contributed by atoms with van der Waals surface area (Å²) in [6.45, 7) is 15.6. The fraction of sp³-hybridized carbons (Fsp3) is 0.297. The summed E-state index contributed by atoms with van der Waals surface area (Å²) in [5, 5.41) is 28.4. The first-order valence-electron chi connectivity index (χ1n) is 44.7. The zero-order valence-electron chi connectivity index (χ0n) is 78.6. The van der Waals surface area contributed by atoms with Crippen LogP contribution < -0.4 is 26.0 Å². The molecular weight excluding hydrogens is 1940 g/mol. The highest BCUT2D eigenvalue weighted by Crippen LogP contribution is 2.42. The van der Waals surface area contributed by atoms with Gasteiger partial charge in [-0.2, -0.15) is 0 Å². The van der Waals surface area contributed by atoms with Gasteiger partial charge in [-0.1, -0.05) is 295 Å². The van der Waals surface area contributed by atoms with Gasteiger partial charge >= 0.3 is 5.97 Å². The maximum atomic E-state index is 12.4. The van der Waals surface area contributed by atoms with E-state index in [0.29, 0.717) is 90.7 Å². The van der Waals surface area contributed by atoms with Crippen LogP contribution in [0.25, 0.3) is 21.5 Å². The van der Waals surface area contributed by atoms with Crippen LogP contribution >= 0.6 is 106 Å². The van der Waals surface area contributed by atoms with Crippen molar-refractivity contribution in [1.29, 1.82) is 0 Å². The van der Waals surface area contributed by atoms with Crippen LogP contribution in [-0.2, 0) is 76.9 Å². The van der Waals surface area contributed by atoms with E-state index in [1.807, 2.05) is 222 Å². The zero-order valence-corrected chi connectivity index (χ0v) is 86.4. The van der Waals surface area contributed by atoms with Gasteiger partial charge in [0.15, 0.2) is 11.6 Å². The number of carbonyl (C=O) groups is 10.